The topological polar surface area (TPSA) is 73.0 Å². The van der Waals surface area contributed by atoms with Crippen LogP contribution in [-0.2, 0) is 10.0 Å². The summed E-state index contributed by atoms with van der Waals surface area (Å²) in [6.45, 7) is 4.91. The minimum Gasteiger partial charge on any atom is -0.367 e. The number of carbonyl (C=O) groups is 1. The number of piperazine rings is 1. The minimum absolute atomic E-state index is 0.235. The lowest BCUT2D eigenvalue weighted by molar-refractivity contribution is 0.102. The molecular weight excluding hydrogens is 400 g/mol. The average Bonchev–Trinajstić information content (AvgIpc) is 3.31. The number of hydrogen-bond donors (Lipinski definition) is 1. The molecule has 160 valence electrons. The monoisotopic (exact) mass is 428 g/mol. The third-order valence-corrected chi connectivity index (χ3v) is 7.73. The lowest BCUT2D eigenvalue weighted by atomic mass is 10.2. The van der Waals surface area contributed by atoms with Crippen LogP contribution in [0.1, 0.15) is 23.2 Å². The second-order valence-corrected chi connectivity index (χ2v) is 9.84. The van der Waals surface area contributed by atoms with Crippen molar-refractivity contribution in [2.45, 2.75) is 17.7 Å². The second-order valence-electron chi connectivity index (χ2n) is 7.90. The van der Waals surface area contributed by atoms with Gasteiger partial charge in [-0.1, -0.05) is 12.1 Å². The van der Waals surface area contributed by atoms with Gasteiger partial charge >= 0.3 is 0 Å². The molecule has 2 fully saturated rings. The zero-order valence-corrected chi connectivity index (χ0v) is 18.1. The first-order valence-corrected chi connectivity index (χ1v) is 11.8. The van der Waals surface area contributed by atoms with Crippen LogP contribution in [0, 0.1) is 0 Å². The van der Waals surface area contributed by atoms with Crippen LogP contribution in [0.2, 0.25) is 0 Å². The Bertz CT molecular complexity index is 993. The molecule has 30 heavy (non-hydrogen) atoms. The summed E-state index contributed by atoms with van der Waals surface area (Å²) >= 11 is 0. The van der Waals surface area contributed by atoms with Gasteiger partial charge in [0.1, 0.15) is 0 Å². The molecule has 0 atom stereocenters. The van der Waals surface area contributed by atoms with Gasteiger partial charge in [0.05, 0.1) is 16.3 Å². The molecule has 2 saturated heterocycles. The molecule has 0 unspecified atom stereocenters. The Morgan fingerprint density at radius 2 is 1.50 bits per heavy atom. The molecule has 2 aromatic carbocycles. The summed E-state index contributed by atoms with van der Waals surface area (Å²) in [5, 5.41) is 2.99. The van der Waals surface area contributed by atoms with Crippen LogP contribution in [0.15, 0.2) is 53.4 Å². The van der Waals surface area contributed by atoms with Crippen molar-refractivity contribution in [2.75, 3.05) is 56.5 Å². The maximum Gasteiger partial charge on any atom is 0.255 e. The highest BCUT2D eigenvalue weighted by atomic mass is 32.2. The van der Waals surface area contributed by atoms with Gasteiger partial charge in [0.2, 0.25) is 10.0 Å². The van der Waals surface area contributed by atoms with Gasteiger partial charge in [0.25, 0.3) is 5.91 Å². The third kappa shape index (κ3) is 4.35. The number of nitrogens with one attached hydrogen (secondary N) is 1. The van der Waals surface area contributed by atoms with E-state index in [1.807, 2.05) is 24.3 Å². The number of hydrogen-bond acceptors (Lipinski definition) is 5. The standard InChI is InChI=1S/C22H28N4O3S/c1-24-14-16-25(17-15-24)21-7-3-2-6-20(21)23-22(27)18-8-10-19(11-9-18)30(28,29)26-12-4-5-13-26/h2-3,6-11H,4-5,12-17H2,1H3,(H,23,27). The largest absolute Gasteiger partial charge is 0.367 e. The predicted octanol–water partition coefficient (Wildman–Crippen LogP) is 2.48. The van der Waals surface area contributed by atoms with Crippen molar-refractivity contribution in [1.29, 1.82) is 0 Å². The zero-order valence-electron chi connectivity index (χ0n) is 17.3. The number of anilines is 2. The Kier molecular flexibility index (Phi) is 6.08. The highest BCUT2D eigenvalue weighted by Gasteiger charge is 2.27. The lowest BCUT2D eigenvalue weighted by Crippen LogP contribution is -2.44. The molecule has 7 nitrogen and oxygen atoms in total. The average molecular weight is 429 g/mol. The normalized spacial score (nSPS) is 18.5. The van der Waals surface area contributed by atoms with Crippen molar-refractivity contribution in [3.8, 4) is 0 Å². The SMILES string of the molecule is CN1CCN(c2ccccc2NC(=O)c2ccc(S(=O)(=O)N3CCCC3)cc2)CC1. The van der Waals surface area contributed by atoms with Crippen molar-refractivity contribution in [1.82, 2.24) is 9.21 Å². The molecular formula is C22H28N4O3S. The molecule has 2 aromatic rings. The van der Waals surface area contributed by atoms with Crippen molar-refractivity contribution in [3.63, 3.8) is 0 Å². The fourth-order valence-corrected chi connectivity index (χ4v) is 5.47. The van der Waals surface area contributed by atoms with E-state index >= 15 is 0 Å². The number of nitrogens with zero attached hydrogens (tertiary/aromatic N) is 3. The smallest absolute Gasteiger partial charge is 0.255 e. The van der Waals surface area contributed by atoms with Gasteiger partial charge in [0.15, 0.2) is 0 Å². The molecule has 4 rings (SSSR count). The fourth-order valence-electron chi connectivity index (χ4n) is 3.95. The van der Waals surface area contributed by atoms with Gasteiger partial charge in [-0.3, -0.25) is 4.79 Å². The van der Waals surface area contributed by atoms with Crippen LogP contribution < -0.4 is 10.2 Å². The molecule has 1 N–H and O–H groups in total. The summed E-state index contributed by atoms with van der Waals surface area (Å²) in [5.74, 6) is -0.248. The number of likely N-dealkylation sites (N-methyl/N-ethyl adjacent to an activating group) is 1. The summed E-state index contributed by atoms with van der Waals surface area (Å²) in [7, 11) is -1.37. The third-order valence-electron chi connectivity index (χ3n) is 5.82. The van der Waals surface area contributed by atoms with E-state index in [0.29, 0.717) is 18.7 Å². The summed E-state index contributed by atoms with van der Waals surface area (Å²) in [6, 6.07) is 14.0. The van der Waals surface area contributed by atoms with Crippen LogP contribution in [-0.4, -0.2) is 69.8 Å². The van der Waals surface area contributed by atoms with Crippen LogP contribution >= 0.6 is 0 Å². The van der Waals surface area contributed by atoms with Crippen LogP contribution in [0.3, 0.4) is 0 Å². The number of rotatable bonds is 5. The molecule has 2 heterocycles. The quantitative estimate of drug-likeness (QED) is 0.792. The van der Waals surface area contributed by atoms with Crippen molar-refractivity contribution in [2.24, 2.45) is 0 Å². The molecule has 2 aliphatic rings. The Hall–Kier alpha value is -2.42. The Morgan fingerprint density at radius 1 is 0.867 bits per heavy atom. The fraction of sp³-hybridized carbons (Fsp3) is 0.409. The first kappa shape index (κ1) is 20.8. The number of para-hydroxylation sites is 2. The summed E-state index contributed by atoms with van der Waals surface area (Å²) in [6.07, 6.45) is 1.79. The van der Waals surface area contributed by atoms with E-state index in [1.54, 1.807) is 12.1 Å². The summed E-state index contributed by atoms with van der Waals surface area (Å²) in [5.41, 5.74) is 2.21. The van der Waals surface area contributed by atoms with E-state index in [1.165, 1.54) is 16.4 Å². The number of carbonyl (C=O) groups excluding carboxylic acids is 1. The first-order chi connectivity index (χ1) is 14.4. The van der Waals surface area contributed by atoms with Crippen molar-refractivity contribution < 1.29 is 13.2 Å². The molecule has 0 aliphatic carbocycles. The van der Waals surface area contributed by atoms with E-state index in [9.17, 15) is 13.2 Å². The molecule has 0 spiro atoms. The molecule has 0 aromatic heterocycles. The van der Waals surface area contributed by atoms with E-state index in [0.717, 1.165) is 50.4 Å². The van der Waals surface area contributed by atoms with Gasteiger partial charge in [0, 0.05) is 44.8 Å². The first-order valence-electron chi connectivity index (χ1n) is 10.4. The van der Waals surface area contributed by atoms with E-state index in [4.69, 9.17) is 0 Å². The maximum atomic E-state index is 12.8. The van der Waals surface area contributed by atoms with Gasteiger partial charge in [-0.2, -0.15) is 4.31 Å². The molecule has 0 bridgehead atoms. The van der Waals surface area contributed by atoms with Crippen molar-refractivity contribution >= 4 is 27.3 Å². The van der Waals surface area contributed by atoms with Gasteiger partial charge in [-0.25, -0.2) is 8.42 Å². The molecule has 8 heteroatoms. The number of sulfonamides is 1. The van der Waals surface area contributed by atoms with Crippen LogP contribution in [0.5, 0.6) is 0 Å². The van der Waals surface area contributed by atoms with E-state index < -0.39 is 10.0 Å². The highest BCUT2D eigenvalue weighted by Crippen LogP contribution is 2.27. The van der Waals surface area contributed by atoms with Gasteiger partial charge < -0.3 is 15.1 Å². The molecule has 2 aliphatic heterocycles. The molecule has 1 amide bonds. The Balaban J connectivity index is 1.48. The molecule has 0 saturated carbocycles. The highest BCUT2D eigenvalue weighted by molar-refractivity contribution is 7.89. The number of benzene rings is 2. The number of amides is 1. The van der Waals surface area contributed by atoms with E-state index in [-0.39, 0.29) is 10.8 Å². The Morgan fingerprint density at radius 3 is 2.17 bits per heavy atom. The summed E-state index contributed by atoms with van der Waals surface area (Å²) in [4.78, 5) is 17.6. The van der Waals surface area contributed by atoms with Crippen LogP contribution in [0.25, 0.3) is 0 Å². The summed E-state index contributed by atoms with van der Waals surface area (Å²) < 4.78 is 26.8. The van der Waals surface area contributed by atoms with Crippen molar-refractivity contribution in [3.05, 3.63) is 54.1 Å². The second kappa shape index (κ2) is 8.75. The zero-order chi connectivity index (χ0) is 21.1. The van der Waals surface area contributed by atoms with Gasteiger partial charge in [-0.15, -0.1) is 0 Å². The Labute approximate surface area is 178 Å². The molecule has 0 radical (unpaired) electrons. The van der Waals surface area contributed by atoms with Crippen LogP contribution in [0.4, 0.5) is 11.4 Å². The predicted molar refractivity (Wildman–Crippen MR) is 119 cm³/mol. The minimum atomic E-state index is -3.47. The van der Waals surface area contributed by atoms with Gasteiger partial charge in [-0.05, 0) is 56.3 Å². The lowest BCUT2D eigenvalue weighted by Gasteiger charge is -2.35. The maximum absolute atomic E-state index is 12.8. The van der Waals surface area contributed by atoms with E-state index in [2.05, 4.69) is 22.2 Å².